The highest BCUT2D eigenvalue weighted by Crippen LogP contribution is 2.38. The molecule has 0 aliphatic carbocycles. The Bertz CT molecular complexity index is 860. The molecule has 2 aromatic rings. The number of rotatable bonds is 6. The van der Waals surface area contributed by atoms with E-state index in [0.717, 1.165) is 18.4 Å². The number of ether oxygens (including phenoxy) is 2. The second-order valence-corrected chi connectivity index (χ2v) is 9.33. The molecule has 1 spiro atoms. The van der Waals surface area contributed by atoms with Crippen molar-refractivity contribution in [2.45, 2.75) is 43.2 Å². The van der Waals surface area contributed by atoms with Gasteiger partial charge >= 0.3 is 0 Å². The standard InChI is InChI=1S/C22H29N3O4S/c1-17-5-2-3-6-18(17)15-25-16-22(9-13-28-14-10-22)29-21-19(30(25)27)7-8-20(24-21)23-11-4-12-26/h2-3,5-8,26H,4,9-16H2,1H3,(H,23,24). The van der Waals surface area contributed by atoms with Crippen LogP contribution in [-0.4, -0.2) is 57.5 Å². The molecular weight excluding hydrogens is 402 g/mol. The molecule has 1 aromatic heterocycles. The maximum Gasteiger partial charge on any atom is 0.275 e. The molecule has 3 heterocycles. The minimum atomic E-state index is -1.39. The predicted molar refractivity (Wildman–Crippen MR) is 116 cm³/mol. The van der Waals surface area contributed by atoms with Gasteiger partial charge in [-0.25, -0.2) is 0 Å². The van der Waals surface area contributed by atoms with Crippen molar-refractivity contribution in [1.29, 1.82) is 0 Å². The summed E-state index contributed by atoms with van der Waals surface area (Å²) in [5.41, 5.74) is 1.87. The van der Waals surface area contributed by atoms with Crippen LogP contribution >= 0.6 is 0 Å². The first-order valence-electron chi connectivity index (χ1n) is 10.4. The number of benzene rings is 1. The summed E-state index contributed by atoms with van der Waals surface area (Å²) in [5.74, 6) is 1.09. The first kappa shape index (κ1) is 21.4. The van der Waals surface area contributed by atoms with Gasteiger partial charge in [0.1, 0.15) is 11.4 Å². The van der Waals surface area contributed by atoms with Crippen LogP contribution in [0, 0.1) is 6.92 Å². The highest BCUT2D eigenvalue weighted by atomic mass is 32.2. The molecule has 2 aliphatic rings. The number of fused-ring (bicyclic) bond motifs is 1. The predicted octanol–water partition coefficient (Wildman–Crippen LogP) is 2.65. The summed E-state index contributed by atoms with van der Waals surface area (Å²) >= 11 is -1.39. The van der Waals surface area contributed by atoms with Gasteiger partial charge in [-0.05, 0) is 30.5 Å². The number of pyridine rings is 1. The molecule has 0 amide bonds. The highest BCUT2D eigenvalue weighted by molar-refractivity contribution is 7.89. The lowest BCUT2D eigenvalue weighted by atomic mass is 9.93. The molecule has 0 bridgehead atoms. The minimum absolute atomic E-state index is 0.120. The Morgan fingerprint density at radius 2 is 2.03 bits per heavy atom. The fourth-order valence-electron chi connectivity index (χ4n) is 3.88. The summed E-state index contributed by atoms with van der Waals surface area (Å²) in [6.07, 6.45) is 2.10. The van der Waals surface area contributed by atoms with Crippen molar-refractivity contribution < 1.29 is 19.1 Å². The number of aliphatic hydroxyl groups is 1. The van der Waals surface area contributed by atoms with Gasteiger partial charge in [-0.2, -0.15) is 4.98 Å². The topological polar surface area (TPSA) is 89.9 Å². The van der Waals surface area contributed by atoms with Crippen molar-refractivity contribution >= 4 is 17.2 Å². The number of nitrogens with zero attached hydrogens (tertiary/aromatic N) is 2. The highest BCUT2D eigenvalue weighted by Gasteiger charge is 2.45. The zero-order valence-corrected chi connectivity index (χ0v) is 18.1. The molecule has 2 N–H and O–H groups in total. The van der Waals surface area contributed by atoms with Gasteiger partial charge in [0, 0.05) is 32.1 Å². The first-order chi connectivity index (χ1) is 14.6. The molecule has 1 atom stereocenters. The van der Waals surface area contributed by atoms with Gasteiger partial charge in [0.2, 0.25) is 4.90 Å². The smallest absolute Gasteiger partial charge is 0.275 e. The van der Waals surface area contributed by atoms with Crippen LogP contribution in [0.2, 0.25) is 0 Å². The van der Waals surface area contributed by atoms with E-state index in [4.69, 9.17) is 14.6 Å². The molecular formula is C22H29N3O4S. The molecule has 7 nitrogen and oxygen atoms in total. The Kier molecular flexibility index (Phi) is 6.80. The van der Waals surface area contributed by atoms with E-state index in [9.17, 15) is 4.55 Å². The van der Waals surface area contributed by atoms with Crippen molar-refractivity contribution in [3.63, 3.8) is 0 Å². The molecule has 30 heavy (non-hydrogen) atoms. The average Bonchev–Trinajstić information content (AvgIpc) is 2.85. The van der Waals surface area contributed by atoms with Gasteiger partial charge in [0.15, 0.2) is 0 Å². The van der Waals surface area contributed by atoms with Crippen molar-refractivity contribution in [1.82, 2.24) is 9.29 Å². The number of hydrogen-bond donors (Lipinski definition) is 2. The van der Waals surface area contributed by atoms with Gasteiger partial charge in [-0.15, -0.1) is 4.31 Å². The lowest BCUT2D eigenvalue weighted by Crippen LogP contribution is -2.50. The second-order valence-electron chi connectivity index (χ2n) is 7.87. The summed E-state index contributed by atoms with van der Waals surface area (Å²) in [7, 11) is 0. The number of aromatic nitrogens is 1. The van der Waals surface area contributed by atoms with Crippen LogP contribution in [0.4, 0.5) is 5.82 Å². The third-order valence-corrected chi connectivity index (χ3v) is 7.09. The van der Waals surface area contributed by atoms with Crippen molar-refractivity contribution in [3.8, 4) is 5.88 Å². The number of aryl methyl sites for hydroxylation is 1. The second kappa shape index (κ2) is 9.53. The number of nitrogens with one attached hydrogen (secondary N) is 1. The maximum atomic E-state index is 13.6. The van der Waals surface area contributed by atoms with E-state index in [-0.39, 0.29) is 6.61 Å². The monoisotopic (exact) mass is 431 g/mol. The van der Waals surface area contributed by atoms with Crippen LogP contribution in [0.1, 0.15) is 30.4 Å². The maximum absolute atomic E-state index is 13.6. The van der Waals surface area contributed by atoms with Crippen LogP contribution in [0.5, 0.6) is 5.88 Å². The number of anilines is 1. The van der Waals surface area contributed by atoms with Gasteiger partial charge in [0.25, 0.3) is 5.88 Å². The molecule has 0 saturated carbocycles. The molecule has 2 aliphatic heterocycles. The lowest BCUT2D eigenvalue weighted by Gasteiger charge is -2.37. The van der Waals surface area contributed by atoms with Gasteiger partial charge in [0.05, 0.1) is 37.7 Å². The van der Waals surface area contributed by atoms with Crippen LogP contribution in [0.25, 0.3) is 0 Å². The summed E-state index contributed by atoms with van der Waals surface area (Å²) in [6.45, 7) is 5.20. The van der Waals surface area contributed by atoms with Crippen molar-refractivity contribution in [3.05, 3.63) is 47.5 Å². The van der Waals surface area contributed by atoms with Gasteiger partial charge in [-0.3, -0.25) is 0 Å². The average molecular weight is 432 g/mol. The summed E-state index contributed by atoms with van der Waals surface area (Å²) < 4.78 is 27.7. The van der Waals surface area contributed by atoms with Crippen LogP contribution < -0.4 is 10.1 Å². The molecule has 1 unspecified atom stereocenters. The van der Waals surface area contributed by atoms with Crippen LogP contribution in [0.3, 0.4) is 0 Å². The zero-order valence-electron chi connectivity index (χ0n) is 17.3. The van der Waals surface area contributed by atoms with Gasteiger partial charge < -0.3 is 24.4 Å². The number of hydrogen-bond acceptors (Lipinski definition) is 7. The van der Waals surface area contributed by atoms with E-state index >= 15 is 0 Å². The molecule has 162 valence electrons. The summed E-state index contributed by atoms with van der Waals surface area (Å²) in [6, 6.07) is 11.9. The zero-order chi connectivity index (χ0) is 21.0. The quantitative estimate of drug-likeness (QED) is 0.537. The minimum Gasteiger partial charge on any atom is -0.593 e. The van der Waals surface area contributed by atoms with Crippen molar-refractivity contribution in [2.24, 2.45) is 0 Å². The molecule has 8 heteroatoms. The Morgan fingerprint density at radius 1 is 1.23 bits per heavy atom. The Balaban J connectivity index is 1.65. The lowest BCUT2D eigenvalue weighted by molar-refractivity contribution is -0.0553. The number of aliphatic hydroxyl groups excluding tert-OH is 1. The first-order valence-corrected chi connectivity index (χ1v) is 11.5. The van der Waals surface area contributed by atoms with E-state index in [1.807, 2.05) is 28.6 Å². The largest absolute Gasteiger partial charge is 0.593 e. The van der Waals surface area contributed by atoms with Crippen LogP contribution in [0.15, 0.2) is 41.3 Å². The summed E-state index contributed by atoms with van der Waals surface area (Å²) in [4.78, 5) is 5.23. The van der Waals surface area contributed by atoms with Crippen molar-refractivity contribution in [2.75, 3.05) is 38.2 Å². The molecule has 4 rings (SSSR count). The Hall–Kier alpha value is -1.84. The Morgan fingerprint density at radius 3 is 2.80 bits per heavy atom. The third kappa shape index (κ3) is 4.73. The van der Waals surface area contributed by atoms with E-state index in [0.29, 0.717) is 55.9 Å². The molecule has 0 radical (unpaired) electrons. The summed E-state index contributed by atoms with van der Waals surface area (Å²) in [5, 5.41) is 12.2. The normalized spacial score (nSPS) is 21.0. The molecule has 1 saturated heterocycles. The third-order valence-electron chi connectivity index (χ3n) is 5.68. The fourth-order valence-corrected chi connectivity index (χ4v) is 5.19. The fraction of sp³-hybridized carbons (Fsp3) is 0.500. The van der Waals surface area contributed by atoms with E-state index < -0.39 is 17.0 Å². The van der Waals surface area contributed by atoms with E-state index in [1.165, 1.54) is 5.56 Å². The SMILES string of the molecule is Cc1ccccc1CN1CC2(CCOCC2)Oc2nc(NCCCO)ccc2[S+]1[O-]. The Labute approximate surface area is 180 Å². The van der Waals surface area contributed by atoms with Crippen LogP contribution in [-0.2, 0) is 22.6 Å². The van der Waals surface area contributed by atoms with Gasteiger partial charge in [-0.1, -0.05) is 24.3 Å². The molecule has 1 aromatic carbocycles. The van der Waals surface area contributed by atoms with E-state index in [2.05, 4.69) is 29.4 Å². The van der Waals surface area contributed by atoms with E-state index in [1.54, 1.807) is 0 Å². The molecule has 1 fully saturated rings.